The lowest BCUT2D eigenvalue weighted by Gasteiger charge is -2.07. The van der Waals surface area contributed by atoms with Crippen LogP contribution in [0.25, 0.3) is 0 Å². The van der Waals surface area contributed by atoms with Crippen LogP contribution in [0.1, 0.15) is 30.1 Å². The summed E-state index contributed by atoms with van der Waals surface area (Å²) in [6.45, 7) is 2.05. The van der Waals surface area contributed by atoms with Gasteiger partial charge in [-0.15, -0.1) is 0 Å². The standard InChI is InChI=1S/C11H11Cl2FO4S/c1-2-3-4-18-11(15)8-5-7(19(13,16)17)6-9(14)10(8)12/h5-6H,2-4H2,1H3. The molecule has 0 N–H and O–H groups in total. The second-order valence-corrected chi connectivity index (χ2v) is 6.64. The highest BCUT2D eigenvalue weighted by molar-refractivity contribution is 8.13. The second-order valence-electron chi connectivity index (χ2n) is 3.69. The zero-order valence-electron chi connectivity index (χ0n) is 9.95. The Balaban J connectivity index is 3.13. The zero-order valence-corrected chi connectivity index (χ0v) is 12.3. The van der Waals surface area contributed by atoms with E-state index in [9.17, 15) is 17.6 Å². The predicted molar refractivity (Wildman–Crippen MR) is 69.6 cm³/mol. The molecule has 8 heteroatoms. The highest BCUT2D eigenvalue weighted by Crippen LogP contribution is 2.26. The van der Waals surface area contributed by atoms with Gasteiger partial charge < -0.3 is 4.74 Å². The molecule has 0 aliphatic heterocycles. The van der Waals surface area contributed by atoms with Crippen molar-refractivity contribution in [1.82, 2.24) is 0 Å². The normalized spacial score (nSPS) is 11.4. The van der Waals surface area contributed by atoms with Crippen LogP contribution in [0.15, 0.2) is 17.0 Å². The van der Waals surface area contributed by atoms with Crippen LogP contribution < -0.4 is 0 Å². The lowest BCUT2D eigenvalue weighted by molar-refractivity contribution is 0.0499. The van der Waals surface area contributed by atoms with Crippen molar-refractivity contribution in [3.8, 4) is 0 Å². The first-order valence-electron chi connectivity index (χ1n) is 5.38. The average Bonchev–Trinajstić information content (AvgIpc) is 2.31. The summed E-state index contributed by atoms with van der Waals surface area (Å²) in [5.74, 6) is -1.94. The molecule has 0 atom stereocenters. The van der Waals surface area contributed by atoms with Crippen molar-refractivity contribution in [2.45, 2.75) is 24.7 Å². The first-order chi connectivity index (χ1) is 8.77. The predicted octanol–water partition coefficient (Wildman–Crippen LogP) is 3.36. The SMILES string of the molecule is CCCCOC(=O)c1cc(S(=O)(=O)Cl)cc(F)c1Cl. The molecule has 4 nitrogen and oxygen atoms in total. The van der Waals surface area contributed by atoms with Gasteiger partial charge in [0, 0.05) is 10.7 Å². The van der Waals surface area contributed by atoms with E-state index < -0.39 is 30.8 Å². The number of esters is 1. The Hall–Kier alpha value is -0.850. The maximum absolute atomic E-state index is 13.5. The fourth-order valence-corrected chi connectivity index (χ4v) is 2.20. The quantitative estimate of drug-likeness (QED) is 0.472. The van der Waals surface area contributed by atoms with Crippen LogP contribution in [0.5, 0.6) is 0 Å². The summed E-state index contributed by atoms with van der Waals surface area (Å²) in [6, 6.07) is 1.54. The summed E-state index contributed by atoms with van der Waals surface area (Å²) in [6.07, 6.45) is 1.45. The fourth-order valence-electron chi connectivity index (χ4n) is 1.24. The van der Waals surface area contributed by atoms with Crippen LogP contribution in [0.3, 0.4) is 0 Å². The average molecular weight is 329 g/mol. The minimum atomic E-state index is -4.16. The van der Waals surface area contributed by atoms with E-state index in [0.717, 1.165) is 12.5 Å². The maximum Gasteiger partial charge on any atom is 0.339 e. The molecule has 106 valence electrons. The molecule has 0 aromatic heterocycles. The number of unbranched alkanes of at least 4 members (excludes halogenated alkanes) is 1. The van der Waals surface area contributed by atoms with Crippen LogP contribution in [-0.2, 0) is 13.8 Å². The molecule has 0 fully saturated rings. The number of carbonyl (C=O) groups is 1. The van der Waals surface area contributed by atoms with Crippen LogP contribution >= 0.6 is 22.3 Å². The molecule has 0 saturated carbocycles. The summed E-state index contributed by atoms with van der Waals surface area (Å²) < 4.78 is 40.6. The van der Waals surface area contributed by atoms with E-state index in [4.69, 9.17) is 27.0 Å². The maximum atomic E-state index is 13.5. The highest BCUT2D eigenvalue weighted by Gasteiger charge is 2.21. The van der Waals surface area contributed by atoms with Gasteiger partial charge in [-0.05, 0) is 18.6 Å². The molecule has 1 aromatic carbocycles. The van der Waals surface area contributed by atoms with Crippen LogP contribution in [-0.4, -0.2) is 21.0 Å². The third-order valence-electron chi connectivity index (χ3n) is 2.23. The third kappa shape index (κ3) is 4.33. The van der Waals surface area contributed by atoms with E-state index in [2.05, 4.69) is 0 Å². The molecule has 0 aliphatic carbocycles. The molecule has 0 heterocycles. The molecule has 1 aromatic rings. The Bertz CT molecular complexity index is 587. The van der Waals surface area contributed by atoms with Gasteiger partial charge in [-0.1, -0.05) is 24.9 Å². The van der Waals surface area contributed by atoms with Gasteiger partial charge in [-0.2, -0.15) is 0 Å². The zero-order chi connectivity index (χ0) is 14.6. The minimum absolute atomic E-state index is 0.144. The monoisotopic (exact) mass is 328 g/mol. The van der Waals surface area contributed by atoms with E-state index in [-0.39, 0.29) is 12.2 Å². The summed E-state index contributed by atoms with van der Waals surface area (Å²) in [7, 11) is 0.939. The molecule has 1 rings (SSSR count). The lowest BCUT2D eigenvalue weighted by atomic mass is 10.2. The smallest absolute Gasteiger partial charge is 0.339 e. The topological polar surface area (TPSA) is 60.4 Å². The van der Waals surface area contributed by atoms with Gasteiger partial charge in [-0.3, -0.25) is 0 Å². The molecule has 0 saturated heterocycles. The molecule has 0 bridgehead atoms. The van der Waals surface area contributed by atoms with Crippen molar-refractivity contribution < 1.29 is 22.3 Å². The number of halogens is 3. The molecular formula is C11H11Cl2FO4S. The molecule has 0 aliphatic rings. The second kappa shape index (κ2) is 6.54. The Labute approximate surface area is 119 Å². The number of benzene rings is 1. The Morgan fingerprint density at radius 1 is 1.42 bits per heavy atom. The molecule has 0 radical (unpaired) electrons. The van der Waals surface area contributed by atoms with Crippen molar-refractivity contribution in [3.63, 3.8) is 0 Å². The fraction of sp³-hybridized carbons (Fsp3) is 0.364. The number of carbonyl (C=O) groups excluding carboxylic acids is 1. The molecule has 19 heavy (non-hydrogen) atoms. The number of hydrogen-bond acceptors (Lipinski definition) is 4. The summed E-state index contributed by atoms with van der Waals surface area (Å²) in [5, 5.41) is -0.495. The molecule has 0 spiro atoms. The van der Waals surface area contributed by atoms with Crippen molar-refractivity contribution in [1.29, 1.82) is 0 Å². The third-order valence-corrected chi connectivity index (χ3v) is 3.95. The lowest BCUT2D eigenvalue weighted by Crippen LogP contribution is -2.09. The van der Waals surface area contributed by atoms with E-state index in [1.54, 1.807) is 0 Å². The van der Waals surface area contributed by atoms with Gasteiger partial charge in [0.25, 0.3) is 9.05 Å². The van der Waals surface area contributed by atoms with Gasteiger partial charge in [0.1, 0.15) is 5.82 Å². The van der Waals surface area contributed by atoms with Crippen molar-refractivity contribution >= 4 is 37.3 Å². The number of hydrogen-bond donors (Lipinski definition) is 0. The summed E-state index contributed by atoms with van der Waals surface area (Å²) >= 11 is 5.61. The molecular weight excluding hydrogens is 318 g/mol. The molecule has 0 amide bonds. The van der Waals surface area contributed by atoms with E-state index >= 15 is 0 Å². The molecule has 0 unspecified atom stereocenters. The number of rotatable bonds is 5. The van der Waals surface area contributed by atoms with E-state index in [0.29, 0.717) is 12.5 Å². The first-order valence-corrected chi connectivity index (χ1v) is 8.07. The Kier molecular flexibility index (Phi) is 5.58. The van der Waals surface area contributed by atoms with Gasteiger partial charge in [0.05, 0.1) is 22.1 Å². The van der Waals surface area contributed by atoms with E-state index in [1.807, 2.05) is 6.92 Å². The number of ether oxygens (including phenoxy) is 1. The van der Waals surface area contributed by atoms with Crippen LogP contribution in [0.2, 0.25) is 5.02 Å². The Morgan fingerprint density at radius 3 is 2.58 bits per heavy atom. The van der Waals surface area contributed by atoms with Gasteiger partial charge in [0.2, 0.25) is 0 Å². The van der Waals surface area contributed by atoms with Crippen LogP contribution in [0.4, 0.5) is 4.39 Å². The van der Waals surface area contributed by atoms with E-state index in [1.165, 1.54) is 0 Å². The van der Waals surface area contributed by atoms with Crippen LogP contribution in [0, 0.1) is 5.82 Å². The Morgan fingerprint density at radius 2 is 2.05 bits per heavy atom. The van der Waals surface area contributed by atoms with Crippen molar-refractivity contribution in [3.05, 3.63) is 28.5 Å². The van der Waals surface area contributed by atoms with Gasteiger partial charge >= 0.3 is 5.97 Å². The van der Waals surface area contributed by atoms with Gasteiger partial charge in [-0.25, -0.2) is 17.6 Å². The minimum Gasteiger partial charge on any atom is -0.462 e. The van der Waals surface area contributed by atoms with Gasteiger partial charge in [0.15, 0.2) is 0 Å². The van der Waals surface area contributed by atoms with Crippen molar-refractivity contribution in [2.75, 3.05) is 6.61 Å². The summed E-state index contributed by atoms with van der Waals surface area (Å²) in [4.78, 5) is 11.1. The van der Waals surface area contributed by atoms with Crippen molar-refractivity contribution in [2.24, 2.45) is 0 Å². The summed E-state index contributed by atoms with van der Waals surface area (Å²) in [5.41, 5.74) is -0.364. The highest BCUT2D eigenvalue weighted by atomic mass is 35.7. The first kappa shape index (κ1) is 16.2. The largest absolute Gasteiger partial charge is 0.462 e.